The lowest BCUT2D eigenvalue weighted by Crippen LogP contribution is -2.29. The highest BCUT2D eigenvalue weighted by molar-refractivity contribution is 7.13. The van der Waals surface area contributed by atoms with Crippen LogP contribution in [0.3, 0.4) is 0 Å². The fourth-order valence-corrected chi connectivity index (χ4v) is 3.20. The van der Waals surface area contributed by atoms with Crippen molar-refractivity contribution in [2.45, 2.75) is 19.3 Å². The van der Waals surface area contributed by atoms with E-state index in [1.807, 2.05) is 17.5 Å². The first-order valence-electron chi connectivity index (χ1n) is 8.91. The zero-order valence-corrected chi connectivity index (χ0v) is 17.2. The summed E-state index contributed by atoms with van der Waals surface area (Å²) < 4.78 is 5.23. The maximum Gasteiger partial charge on any atom is 0.253 e. The summed E-state index contributed by atoms with van der Waals surface area (Å²) in [4.78, 5) is 29.7. The molecule has 2 aromatic heterocycles. The number of hydrogen-bond donors (Lipinski definition) is 3. The Hall–Kier alpha value is -2.75. The van der Waals surface area contributed by atoms with E-state index in [1.54, 1.807) is 24.3 Å². The molecule has 2 amide bonds. The lowest BCUT2D eigenvalue weighted by atomic mass is 10.1. The van der Waals surface area contributed by atoms with Gasteiger partial charge in [0.15, 0.2) is 0 Å². The van der Waals surface area contributed by atoms with Gasteiger partial charge >= 0.3 is 0 Å². The Kier molecular flexibility index (Phi) is 8.78. The molecule has 154 valence electrons. The summed E-state index contributed by atoms with van der Waals surface area (Å²) in [6.07, 6.45) is 1.33. The summed E-state index contributed by atoms with van der Waals surface area (Å²) in [6, 6.07) is 10.7. The van der Waals surface area contributed by atoms with Crippen LogP contribution in [-0.2, 0) is 11.2 Å². The molecular formula is C19H22ClN5O3S. The number of para-hydroxylation sites is 1. The van der Waals surface area contributed by atoms with Crippen LogP contribution in [-0.4, -0.2) is 35.0 Å². The zero-order valence-electron chi connectivity index (χ0n) is 15.6. The average Bonchev–Trinajstić information content (AvgIpc) is 3.38. The van der Waals surface area contributed by atoms with Gasteiger partial charge in [-0.15, -0.1) is 23.7 Å². The molecular weight excluding hydrogens is 414 g/mol. The van der Waals surface area contributed by atoms with Crippen LogP contribution in [0.25, 0.3) is 10.7 Å². The maximum atomic E-state index is 12.3. The van der Waals surface area contributed by atoms with Crippen molar-refractivity contribution in [2.75, 3.05) is 18.4 Å². The maximum absolute atomic E-state index is 12.3. The van der Waals surface area contributed by atoms with Gasteiger partial charge in [0.1, 0.15) is 0 Å². The number of nitrogens with two attached hydrogens (primary N) is 1. The van der Waals surface area contributed by atoms with Gasteiger partial charge in [-0.1, -0.05) is 23.4 Å². The van der Waals surface area contributed by atoms with Gasteiger partial charge in [-0.3, -0.25) is 9.59 Å². The number of nitrogens with zero attached hydrogens (tertiary/aromatic N) is 2. The van der Waals surface area contributed by atoms with Crippen LogP contribution in [0, 0.1) is 0 Å². The van der Waals surface area contributed by atoms with E-state index in [1.165, 1.54) is 11.3 Å². The summed E-state index contributed by atoms with van der Waals surface area (Å²) in [6.45, 7) is 0.725. The molecule has 0 atom stereocenters. The topological polar surface area (TPSA) is 123 Å². The zero-order chi connectivity index (χ0) is 19.8. The lowest BCUT2D eigenvalue weighted by molar-refractivity contribution is -0.116. The van der Waals surface area contributed by atoms with Gasteiger partial charge in [-0.2, -0.15) is 4.98 Å². The van der Waals surface area contributed by atoms with Crippen LogP contribution >= 0.6 is 23.7 Å². The summed E-state index contributed by atoms with van der Waals surface area (Å²) in [5, 5.41) is 11.4. The first-order chi connectivity index (χ1) is 13.7. The van der Waals surface area contributed by atoms with E-state index < -0.39 is 0 Å². The molecule has 1 aromatic carbocycles. The molecule has 2 heterocycles. The van der Waals surface area contributed by atoms with Crippen molar-refractivity contribution in [3.63, 3.8) is 0 Å². The van der Waals surface area contributed by atoms with Gasteiger partial charge in [-0.25, -0.2) is 0 Å². The minimum atomic E-state index is -0.270. The van der Waals surface area contributed by atoms with Gasteiger partial charge in [-0.05, 0) is 30.0 Å². The number of hydrogen-bond acceptors (Lipinski definition) is 7. The van der Waals surface area contributed by atoms with Crippen LogP contribution < -0.4 is 16.4 Å². The van der Waals surface area contributed by atoms with Crippen molar-refractivity contribution in [3.05, 3.63) is 53.2 Å². The lowest BCUT2D eigenvalue weighted by Gasteiger charge is -2.11. The molecule has 29 heavy (non-hydrogen) atoms. The Balaban J connectivity index is 0.00000300. The second kappa shape index (κ2) is 11.3. The van der Waals surface area contributed by atoms with Crippen molar-refractivity contribution < 1.29 is 14.1 Å². The number of amides is 2. The number of aromatic nitrogens is 2. The molecule has 0 bridgehead atoms. The molecule has 0 spiro atoms. The standard InChI is InChI=1S/C19H21N5O3S.ClH/c20-10-11-21-19(26)13-5-1-2-6-14(13)22-16(25)8-3-9-17-23-18(24-27-17)15-7-4-12-28-15;/h1-2,4-7,12H,3,8-11,20H2,(H,21,26)(H,22,25);1H. The molecule has 10 heteroatoms. The predicted molar refractivity (Wildman–Crippen MR) is 114 cm³/mol. The molecule has 0 aliphatic carbocycles. The first kappa shape index (κ1) is 22.5. The number of carbonyl (C=O) groups excluding carboxylic acids is 2. The summed E-state index contributed by atoms with van der Waals surface area (Å²) >= 11 is 1.54. The van der Waals surface area contributed by atoms with Gasteiger partial charge in [0, 0.05) is 25.9 Å². The van der Waals surface area contributed by atoms with Gasteiger partial charge in [0.05, 0.1) is 16.1 Å². The van der Waals surface area contributed by atoms with Crippen LogP contribution in [0.5, 0.6) is 0 Å². The third kappa shape index (κ3) is 6.38. The fraction of sp³-hybridized carbons (Fsp3) is 0.263. The molecule has 0 radical (unpaired) electrons. The highest BCUT2D eigenvalue weighted by Crippen LogP contribution is 2.21. The number of aryl methyl sites for hydroxylation is 1. The van der Waals surface area contributed by atoms with E-state index in [4.69, 9.17) is 10.3 Å². The van der Waals surface area contributed by atoms with Crippen LogP contribution in [0.15, 0.2) is 46.3 Å². The number of nitrogens with one attached hydrogen (secondary N) is 2. The molecule has 0 saturated heterocycles. The van der Waals surface area contributed by atoms with Crippen molar-refractivity contribution in [1.82, 2.24) is 15.5 Å². The molecule has 4 N–H and O–H groups in total. The molecule has 8 nitrogen and oxygen atoms in total. The summed E-state index contributed by atoms with van der Waals surface area (Å²) in [5.74, 6) is 0.606. The van der Waals surface area contributed by atoms with E-state index in [9.17, 15) is 9.59 Å². The Morgan fingerprint density at radius 1 is 1.17 bits per heavy atom. The number of benzene rings is 1. The number of rotatable bonds is 9. The molecule has 3 aromatic rings. The quantitative estimate of drug-likeness (QED) is 0.474. The second-order valence-electron chi connectivity index (χ2n) is 5.98. The number of anilines is 1. The van der Waals surface area contributed by atoms with E-state index in [0.29, 0.717) is 48.9 Å². The third-order valence-corrected chi connectivity index (χ3v) is 4.75. The molecule has 0 fully saturated rings. The van der Waals surface area contributed by atoms with E-state index in [2.05, 4.69) is 20.8 Å². The number of thiophene rings is 1. The second-order valence-corrected chi connectivity index (χ2v) is 6.93. The third-order valence-electron chi connectivity index (χ3n) is 3.88. The van der Waals surface area contributed by atoms with E-state index >= 15 is 0 Å². The van der Waals surface area contributed by atoms with E-state index in [0.717, 1.165) is 4.88 Å². The van der Waals surface area contributed by atoms with Crippen LogP contribution in [0.4, 0.5) is 5.69 Å². The molecule has 0 aliphatic rings. The molecule has 0 unspecified atom stereocenters. The van der Waals surface area contributed by atoms with Crippen molar-refractivity contribution in [3.8, 4) is 10.7 Å². The van der Waals surface area contributed by atoms with E-state index in [-0.39, 0.29) is 30.6 Å². The highest BCUT2D eigenvalue weighted by Gasteiger charge is 2.13. The van der Waals surface area contributed by atoms with Crippen molar-refractivity contribution >= 4 is 41.2 Å². The minimum absolute atomic E-state index is 0. The predicted octanol–water partition coefficient (Wildman–Crippen LogP) is 2.87. The van der Waals surface area contributed by atoms with Crippen LogP contribution in [0.2, 0.25) is 0 Å². The monoisotopic (exact) mass is 435 g/mol. The number of carbonyl (C=O) groups is 2. The van der Waals surface area contributed by atoms with Crippen molar-refractivity contribution in [1.29, 1.82) is 0 Å². The SMILES string of the molecule is Cl.NCCNC(=O)c1ccccc1NC(=O)CCCc1nc(-c2cccs2)no1. The smallest absolute Gasteiger partial charge is 0.253 e. The molecule has 3 rings (SSSR count). The molecule has 0 aliphatic heterocycles. The minimum Gasteiger partial charge on any atom is -0.351 e. The average molecular weight is 436 g/mol. The van der Waals surface area contributed by atoms with Crippen molar-refractivity contribution in [2.24, 2.45) is 5.73 Å². The number of halogens is 1. The summed E-state index contributed by atoms with van der Waals surface area (Å²) in [5.41, 5.74) is 6.28. The highest BCUT2D eigenvalue weighted by atomic mass is 35.5. The summed E-state index contributed by atoms with van der Waals surface area (Å²) in [7, 11) is 0. The Bertz CT molecular complexity index is 930. The van der Waals surface area contributed by atoms with Gasteiger partial charge in [0.25, 0.3) is 5.91 Å². The van der Waals surface area contributed by atoms with Gasteiger partial charge < -0.3 is 20.9 Å². The van der Waals surface area contributed by atoms with Crippen LogP contribution in [0.1, 0.15) is 29.1 Å². The first-order valence-corrected chi connectivity index (χ1v) is 9.79. The Morgan fingerprint density at radius 3 is 2.76 bits per heavy atom. The Morgan fingerprint density at radius 2 is 2.00 bits per heavy atom. The molecule has 0 saturated carbocycles. The largest absolute Gasteiger partial charge is 0.351 e. The van der Waals surface area contributed by atoms with Gasteiger partial charge in [0.2, 0.25) is 17.6 Å². The Labute approximate surface area is 178 Å². The normalized spacial score (nSPS) is 10.2. The fourth-order valence-electron chi connectivity index (χ4n) is 2.55.